The molecule has 2 aromatic rings. The standard InChI is InChI=1S/C17H19ClN2O.ClH/c1-13-8-9-16(15(18)10-13)19-17(21)12-20(2)11-14-6-4-3-5-7-14;/h3-10H,11-12H2,1-2H3,(H,19,21);1H. The van der Waals surface area contributed by atoms with E-state index in [1.807, 2.05) is 67.4 Å². The average Bonchev–Trinajstić information content (AvgIpc) is 2.43. The van der Waals surface area contributed by atoms with Crippen LogP contribution in [0.3, 0.4) is 0 Å². The summed E-state index contributed by atoms with van der Waals surface area (Å²) in [4.78, 5) is 14.0. The largest absolute Gasteiger partial charge is 0.324 e. The monoisotopic (exact) mass is 338 g/mol. The van der Waals surface area contributed by atoms with E-state index >= 15 is 0 Å². The number of hydrogen-bond donors (Lipinski definition) is 1. The smallest absolute Gasteiger partial charge is 0.238 e. The van der Waals surface area contributed by atoms with Gasteiger partial charge in [0.1, 0.15) is 0 Å². The molecule has 0 spiro atoms. The maximum atomic E-state index is 12.0. The Morgan fingerprint density at radius 2 is 1.86 bits per heavy atom. The fourth-order valence-corrected chi connectivity index (χ4v) is 2.39. The van der Waals surface area contributed by atoms with Gasteiger partial charge in [-0.3, -0.25) is 9.69 Å². The molecule has 0 heterocycles. The van der Waals surface area contributed by atoms with Gasteiger partial charge in [0.15, 0.2) is 0 Å². The third-order valence-electron chi connectivity index (χ3n) is 3.11. The second-order valence-electron chi connectivity index (χ2n) is 5.19. The van der Waals surface area contributed by atoms with Gasteiger partial charge in [-0.15, -0.1) is 12.4 Å². The molecule has 5 heteroatoms. The Hall–Kier alpha value is -1.55. The predicted octanol–water partition coefficient (Wildman–Crippen LogP) is 4.14. The Balaban J connectivity index is 0.00000242. The van der Waals surface area contributed by atoms with Crippen LogP contribution >= 0.6 is 24.0 Å². The van der Waals surface area contributed by atoms with Gasteiger partial charge in [-0.2, -0.15) is 0 Å². The third kappa shape index (κ3) is 5.68. The van der Waals surface area contributed by atoms with Gasteiger partial charge in [0.2, 0.25) is 5.91 Å². The van der Waals surface area contributed by atoms with Crippen molar-refractivity contribution in [2.75, 3.05) is 18.9 Å². The van der Waals surface area contributed by atoms with Crippen LogP contribution in [0.2, 0.25) is 5.02 Å². The van der Waals surface area contributed by atoms with Gasteiger partial charge in [-0.1, -0.05) is 48.0 Å². The third-order valence-corrected chi connectivity index (χ3v) is 3.42. The summed E-state index contributed by atoms with van der Waals surface area (Å²) in [5.41, 5.74) is 2.90. The maximum Gasteiger partial charge on any atom is 0.238 e. The molecule has 0 aliphatic rings. The fraction of sp³-hybridized carbons (Fsp3) is 0.235. The molecule has 2 rings (SSSR count). The molecule has 1 N–H and O–H groups in total. The molecule has 3 nitrogen and oxygen atoms in total. The van der Waals surface area contributed by atoms with Gasteiger partial charge in [-0.25, -0.2) is 0 Å². The number of benzene rings is 2. The molecule has 22 heavy (non-hydrogen) atoms. The summed E-state index contributed by atoms with van der Waals surface area (Å²) < 4.78 is 0. The molecule has 1 amide bonds. The highest BCUT2D eigenvalue weighted by Crippen LogP contribution is 2.22. The molecular formula is C17H20Cl2N2O. The van der Waals surface area contributed by atoms with Crippen molar-refractivity contribution in [3.8, 4) is 0 Å². The zero-order valence-electron chi connectivity index (χ0n) is 12.7. The number of aryl methyl sites for hydroxylation is 1. The highest BCUT2D eigenvalue weighted by atomic mass is 35.5. The molecule has 0 aromatic heterocycles. The summed E-state index contributed by atoms with van der Waals surface area (Å²) >= 11 is 6.11. The number of likely N-dealkylation sites (N-methyl/N-ethyl adjacent to an activating group) is 1. The molecule has 0 saturated heterocycles. The van der Waals surface area contributed by atoms with E-state index in [0.29, 0.717) is 17.3 Å². The molecule has 0 saturated carbocycles. The minimum Gasteiger partial charge on any atom is -0.324 e. The van der Waals surface area contributed by atoms with E-state index in [1.165, 1.54) is 5.56 Å². The van der Waals surface area contributed by atoms with E-state index in [4.69, 9.17) is 11.6 Å². The predicted molar refractivity (Wildman–Crippen MR) is 94.8 cm³/mol. The van der Waals surface area contributed by atoms with Crippen molar-refractivity contribution < 1.29 is 4.79 Å². The number of nitrogens with zero attached hydrogens (tertiary/aromatic N) is 1. The first kappa shape index (κ1) is 18.5. The van der Waals surface area contributed by atoms with Gasteiger partial charge in [-0.05, 0) is 37.2 Å². The van der Waals surface area contributed by atoms with Crippen molar-refractivity contribution in [1.29, 1.82) is 0 Å². The zero-order chi connectivity index (χ0) is 15.2. The summed E-state index contributed by atoms with van der Waals surface area (Å²) in [5, 5.41) is 3.41. The van der Waals surface area contributed by atoms with Crippen molar-refractivity contribution >= 4 is 35.6 Å². The summed E-state index contributed by atoms with van der Waals surface area (Å²) in [6.45, 7) is 3.01. The van der Waals surface area contributed by atoms with Crippen molar-refractivity contribution in [1.82, 2.24) is 4.90 Å². The van der Waals surface area contributed by atoms with Crippen LogP contribution in [0.4, 0.5) is 5.69 Å². The number of hydrogen-bond acceptors (Lipinski definition) is 2. The lowest BCUT2D eigenvalue weighted by Gasteiger charge is -2.16. The average molecular weight is 339 g/mol. The molecule has 0 atom stereocenters. The molecule has 0 aliphatic heterocycles. The van der Waals surface area contributed by atoms with Crippen LogP contribution < -0.4 is 5.32 Å². The SMILES string of the molecule is Cc1ccc(NC(=O)CN(C)Cc2ccccc2)c(Cl)c1.Cl. The van der Waals surface area contributed by atoms with Crippen LogP contribution in [0.15, 0.2) is 48.5 Å². The number of rotatable bonds is 5. The van der Waals surface area contributed by atoms with Crippen LogP contribution in [0.25, 0.3) is 0 Å². The number of carbonyl (C=O) groups excluding carboxylic acids is 1. The van der Waals surface area contributed by atoms with Crippen LogP contribution in [0.5, 0.6) is 0 Å². The molecule has 0 unspecified atom stereocenters. The lowest BCUT2D eigenvalue weighted by atomic mass is 10.2. The summed E-state index contributed by atoms with van der Waals surface area (Å²) in [7, 11) is 1.92. The molecule has 2 aromatic carbocycles. The Bertz CT molecular complexity index is 617. The summed E-state index contributed by atoms with van der Waals surface area (Å²) in [6.07, 6.45) is 0. The van der Waals surface area contributed by atoms with E-state index in [2.05, 4.69) is 5.32 Å². The second-order valence-corrected chi connectivity index (χ2v) is 5.60. The van der Waals surface area contributed by atoms with E-state index in [0.717, 1.165) is 12.1 Å². The second kappa shape index (κ2) is 8.79. The normalized spacial score (nSPS) is 10.2. The number of carbonyl (C=O) groups is 1. The molecule has 0 fully saturated rings. The maximum absolute atomic E-state index is 12.0. The van der Waals surface area contributed by atoms with Crippen LogP contribution in [0.1, 0.15) is 11.1 Å². The quantitative estimate of drug-likeness (QED) is 0.888. The van der Waals surface area contributed by atoms with E-state index in [9.17, 15) is 4.79 Å². The minimum absolute atomic E-state index is 0. The number of amides is 1. The van der Waals surface area contributed by atoms with Crippen molar-refractivity contribution in [3.63, 3.8) is 0 Å². The zero-order valence-corrected chi connectivity index (χ0v) is 14.2. The number of halogens is 2. The van der Waals surface area contributed by atoms with E-state index in [1.54, 1.807) is 0 Å². The Morgan fingerprint density at radius 1 is 1.18 bits per heavy atom. The number of anilines is 1. The fourth-order valence-electron chi connectivity index (χ4n) is 2.11. The summed E-state index contributed by atoms with van der Waals surface area (Å²) in [5.74, 6) is -0.0702. The minimum atomic E-state index is -0.0702. The van der Waals surface area contributed by atoms with Gasteiger partial charge >= 0.3 is 0 Å². The van der Waals surface area contributed by atoms with E-state index in [-0.39, 0.29) is 18.3 Å². The lowest BCUT2D eigenvalue weighted by molar-refractivity contribution is -0.117. The first-order valence-electron chi connectivity index (χ1n) is 6.83. The topological polar surface area (TPSA) is 32.3 Å². The highest BCUT2D eigenvalue weighted by Gasteiger charge is 2.09. The molecule has 0 aliphatic carbocycles. The summed E-state index contributed by atoms with van der Waals surface area (Å²) in [6, 6.07) is 15.7. The number of nitrogens with one attached hydrogen (secondary N) is 1. The van der Waals surface area contributed by atoms with Gasteiger partial charge < -0.3 is 5.32 Å². The molecule has 0 bridgehead atoms. The first-order chi connectivity index (χ1) is 10.0. The van der Waals surface area contributed by atoms with Crippen LogP contribution in [-0.2, 0) is 11.3 Å². The molecule has 0 radical (unpaired) electrons. The molecular weight excluding hydrogens is 319 g/mol. The van der Waals surface area contributed by atoms with Gasteiger partial charge in [0.25, 0.3) is 0 Å². The van der Waals surface area contributed by atoms with Crippen molar-refractivity contribution in [3.05, 3.63) is 64.7 Å². The van der Waals surface area contributed by atoms with Crippen molar-refractivity contribution in [2.45, 2.75) is 13.5 Å². The van der Waals surface area contributed by atoms with Gasteiger partial charge in [0, 0.05) is 6.54 Å². The lowest BCUT2D eigenvalue weighted by Crippen LogP contribution is -2.29. The van der Waals surface area contributed by atoms with Crippen LogP contribution in [0, 0.1) is 6.92 Å². The first-order valence-corrected chi connectivity index (χ1v) is 7.21. The molecule has 118 valence electrons. The van der Waals surface area contributed by atoms with E-state index < -0.39 is 0 Å². The highest BCUT2D eigenvalue weighted by molar-refractivity contribution is 6.33. The van der Waals surface area contributed by atoms with Crippen LogP contribution in [-0.4, -0.2) is 24.4 Å². The van der Waals surface area contributed by atoms with Crippen molar-refractivity contribution in [2.24, 2.45) is 0 Å². The van der Waals surface area contributed by atoms with Gasteiger partial charge in [0.05, 0.1) is 17.3 Å². The Morgan fingerprint density at radius 3 is 2.50 bits per heavy atom. The Labute approximate surface area is 142 Å². The Kier molecular flexibility index (Phi) is 7.39.